The topological polar surface area (TPSA) is 87.1 Å². The molecule has 5 rings (SSSR count). The van der Waals surface area contributed by atoms with Crippen molar-refractivity contribution in [3.05, 3.63) is 58.7 Å². The molecular formula is C21H24N6O2. The van der Waals surface area contributed by atoms with Gasteiger partial charge in [-0.3, -0.25) is 19.1 Å². The number of aromatic nitrogens is 4. The van der Waals surface area contributed by atoms with E-state index in [4.69, 9.17) is 0 Å². The van der Waals surface area contributed by atoms with Crippen molar-refractivity contribution in [1.29, 1.82) is 0 Å². The molecule has 1 N–H and O–H groups in total. The van der Waals surface area contributed by atoms with Crippen LogP contribution in [0.3, 0.4) is 0 Å². The predicted molar refractivity (Wildman–Crippen MR) is 108 cm³/mol. The number of amides is 1. The van der Waals surface area contributed by atoms with Crippen LogP contribution < -0.4 is 5.56 Å². The highest BCUT2D eigenvalue weighted by Gasteiger charge is 2.45. The number of nitrogens with one attached hydrogen (secondary N) is 1. The minimum absolute atomic E-state index is 0.0210. The van der Waals surface area contributed by atoms with E-state index >= 15 is 0 Å². The molecule has 2 aromatic heterocycles. The van der Waals surface area contributed by atoms with E-state index < -0.39 is 0 Å². The number of piperidine rings is 1. The van der Waals surface area contributed by atoms with E-state index in [-0.39, 0.29) is 23.6 Å². The minimum atomic E-state index is -0.175. The molecular weight excluding hydrogens is 368 g/mol. The number of carbonyl (C=O) groups excluding carboxylic acids is 1. The summed E-state index contributed by atoms with van der Waals surface area (Å²) in [7, 11) is 2.15. The molecule has 0 aliphatic carbocycles. The first-order valence-electron chi connectivity index (χ1n) is 10.0. The molecule has 8 heteroatoms. The average Bonchev–Trinajstić information content (AvgIpc) is 3.24. The second kappa shape index (κ2) is 6.81. The SMILES string of the molecule is CN1CCc2[nH]cnc2C12CCN(C(=O)Cn1cnc3ccccc3c1=O)CC2. The number of rotatable bonds is 2. The van der Waals surface area contributed by atoms with Gasteiger partial charge < -0.3 is 9.88 Å². The number of likely N-dealkylation sites (N-methyl/N-ethyl adjacent to an activating group) is 1. The number of aromatic amines is 1. The molecule has 0 radical (unpaired) electrons. The fraction of sp³-hybridized carbons (Fsp3) is 0.429. The Morgan fingerprint density at radius 2 is 1.97 bits per heavy atom. The molecule has 1 fully saturated rings. The summed E-state index contributed by atoms with van der Waals surface area (Å²) in [5, 5.41) is 0.537. The Bertz CT molecular complexity index is 1130. The van der Waals surface area contributed by atoms with E-state index in [1.54, 1.807) is 18.5 Å². The minimum Gasteiger partial charge on any atom is -0.348 e. The van der Waals surface area contributed by atoms with Crippen molar-refractivity contribution >= 4 is 16.8 Å². The number of benzene rings is 1. The van der Waals surface area contributed by atoms with Crippen LogP contribution in [0.15, 0.2) is 41.7 Å². The fourth-order valence-electron chi connectivity index (χ4n) is 4.80. The lowest BCUT2D eigenvalue weighted by atomic mass is 9.79. The van der Waals surface area contributed by atoms with Gasteiger partial charge in [0.05, 0.1) is 34.8 Å². The normalized spacial score (nSPS) is 18.9. The second-order valence-electron chi connectivity index (χ2n) is 8.01. The third kappa shape index (κ3) is 2.86. The number of fused-ring (bicyclic) bond motifs is 3. The number of hydrogen-bond acceptors (Lipinski definition) is 5. The van der Waals surface area contributed by atoms with Crippen LogP contribution in [0.2, 0.25) is 0 Å². The van der Waals surface area contributed by atoms with Crippen LogP contribution in [0.5, 0.6) is 0 Å². The molecule has 2 aliphatic heterocycles. The van der Waals surface area contributed by atoms with Gasteiger partial charge in [0.2, 0.25) is 5.91 Å². The van der Waals surface area contributed by atoms with Gasteiger partial charge >= 0.3 is 0 Å². The first kappa shape index (κ1) is 18.1. The van der Waals surface area contributed by atoms with Crippen molar-refractivity contribution in [2.24, 2.45) is 0 Å². The molecule has 1 amide bonds. The first-order chi connectivity index (χ1) is 14.1. The van der Waals surface area contributed by atoms with E-state index in [2.05, 4.69) is 26.9 Å². The molecule has 0 saturated carbocycles. The summed E-state index contributed by atoms with van der Waals surface area (Å²) in [5.41, 5.74) is 2.72. The maximum atomic E-state index is 12.9. The monoisotopic (exact) mass is 392 g/mol. The predicted octanol–water partition coefficient (Wildman–Crippen LogP) is 1.13. The molecule has 1 saturated heterocycles. The van der Waals surface area contributed by atoms with Crippen molar-refractivity contribution in [2.45, 2.75) is 31.3 Å². The van der Waals surface area contributed by atoms with E-state index in [0.717, 1.165) is 31.5 Å². The van der Waals surface area contributed by atoms with Crippen molar-refractivity contribution < 1.29 is 4.79 Å². The lowest BCUT2D eigenvalue weighted by Crippen LogP contribution is -2.56. The molecule has 29 heavy (non-hydrogen) atoms. The van der Waals surface area contributed by atoms with Crippen LogP contribution in [-0.4, -0.2) is 61.9 Å². The maximum absolute atomic E-state index is 12.9. The molecule has 0 unspecified atom stereocenters. The Hall–Kier alpha value is -3.00. The summed E-state index contributed by atoms with van der Waals surface area (Å²) >= 11 is 0. The fourth-order valence-corrected chi connectivity index (χ4v) is 4.80. The van der Waals surface area contributed by atoms with Gasteiger partial charge in [-0.05, 0) is 32.0 Å². The summed E-state index contributed by atoms with van der Waals surface area (Å²) in [6.45, 7) is 2.32. The molecule has 0 atom stereocenters. The summed E-state index contributed by atoms with van der Waals surface area (Å²) in [5.74, 6) is -0.0419. The summed E-state index contributed by atoms with van der Waals surface area (Å²) in [4.78, 5) is 42.0. The van der Waals surface area contributed by atoms with Crippen LogP contribution in [-0.2, 0) is 23.3 Å². The van der Waals surface area contributed by atoms with Crippen LogP contribution in [0.1, 0.15) is 24.2 Å². The average molecular weight is 392 g/mol. The van der Waals surface area contributed by atoms with Crippen molar-refractivity contribution in [3.8, 4) is 0 Å². The van der Waals surface area contributed by atoms with Crippen molar-refractivity contribution in [1.82, 2.24) is 29.3 Å². The Labute approximate surface area is 168 Å². The van der Waals surface area contributed by atoms with Gasteiger partial charge in [-0.25, -0.2) is 9.97 Å². The molecule has 4 heterocycles. The number of nitrogens with zero attached hydrogens (tertiary/aromatic N) is 5. The summed E-state index contributed by atoms with van der Waals surface area (Å²) in [6.07, 6.45) is 5.92. The standard InChI is InChI=1S/C21H24N6O2/c1-25-9-6-17-19(23-13-22-17)21(25)7-10-26(11-8-21)18(28)12-27-14-24-16-5-3-2-4-15(16)20(27)29/h2-5,13-14H,6-12H2,1H3,(H,22,23). The molecule has 1 spiro atoms. The molecule has 1 aromatic carbocycles. The number of hydrogen-bond donors (Lipinski definition) is 1. The van der Waals surface area contributed by atoms with Gasteiger partial charge in [0.1, 0.15) is 6.54 Å². The van der Waals surface area contributed by atoms with Crippen molar-refractivity contribution in [3.63, 3.8) is 0 Å². The highest BCUT2D eigenvalue weighted by atomic mass is 16.2. The highest BCUT2D eigenvalue weighted by Crippen LogP contribution is 2.41. The van der Waals surface area contributed by atoms with Gasteiger partial charge in [-0.1, -0.05) is 12.1 Å². The zero-order valence-corrected chi connectivity index (χ0v) is 16.5. The zero-order chi connectivity index (χ0) is 20.0. The van der Waals surface area contributed by atoms with Crippen LogP contribution in [0.25, 0.3) is 10.9 Å². The van der Waals surface area contributed by atoms with Gasteiger partial charge in [-0.15, -0.1) is 0 Å². The highest BCUT2D eigenvalue weighted by molar-refractivity contribution is 5.79. The second-order valence-corrected chi connectivity index (χ2v) is 8.01. The Morgan fingerprint density at radius 3 is 2.79 bits per heavy atom. The van der Waals surface area contributed by atoms with E-state index in [9.17, 15) is 9.59 Å². The van der Waals surface area contributed by atoms with Gasteiger partial charge in [-0.2, -0.15) is 0 Å². The smallest absolute Gasteiger partial charge is 0.261 e. The van der Waals surface area contributed by atoms with E-state index in [1.165, 1.54) is 16.6 Å². The largest absolute Gasteiger partial charge is 0.348 e. The number of H-pyrrole nitrogens is 1. The van der Waals surface area contributed by atoms with Crippen molar-refractivity contribution in [2.75, 3.05) is 26.7 Å². The van der Waals surface area contributed by atoms with E-state index in [1.807, 2.05) is 17.0 Å². The number of carbonyl (C=O) groups is 1. The third-order valence-corrected chi connectivity index (χ3v) is 6.57. The van der Waals surface area contributed by atoms with Crippen LogP contribution >= 0.6 is 0 Å². The van der Waals surface area contributed by atoms with Gasteiger partial charge in [0, 0.05) is 31.7 Å². The lowest BCUT2D eigenvalue weighted by molar-refractivity contribution is -0.135. The number of imidazole rings is 1. The number of para-hydroxylation sites is 1. The molecule has 8 nitrogen and oxygen atoms in total. The lowest BCUT2D eigenvalue weighted by Gasteiger charge is -2.49. The zero-order valence-electron chi connectivity index (χ0n) is 16.5. The van der Waals surface area contributed by atoms with Crippen LogP contribution in [0, 0.1) is 0 Å². The maximum Gasteiger partial charge on any atom is 0.261 e. The quantitative estimate of drug-likeness (QED) is 0.706. The summed E-state index contributed by atoms with van der Waals surface area (Å²) < 4.78 is 1.41. The van der Waals surface area contributed by atoms with Crippen LogP contribution in [0.4, 0.5) is 0 Å². The molecule has 0 bridgehead atoms. The molecule has 2 aliphatic rings. The van der Waals surface area contributed by atoms with Gasteiger partial charge in [0.15, 0.2) is 0 Å². The number of likely N-dealkylation sites (tertiary alicyclic amines) is 1. The Kier molecular flexibility index (Phi) is 4.24. The molecule has 3 aromatic rings. The molecule has 150 valence electrons. The first-order valence-corrected chi connectivity index (χ1v) is 10.0. The van der Waals surface area contributed by atoms with Gasteiger partial charge in [0.25, 0.3) is 5.56 Å². The summed E-state index contributed by atoms with van der Waals surface area (Å²) in [6, 6.07) is 7.21. The third-order valence-electron chi connectivity index (χ3n) is 6.57. The Balaban J connectivity index is 1.33. The Morgan fingerprint density at radius 1 is 1.17 bits per heavy atom. The van der Waals surface area contributed by atoms with E-state index in [0.29, 0.717) is 24.0 Å².